The Morgan fingerprint density at radius 2 is 2.09 bits per heavy atom. The number of hydrogen-bond acceptors (Lipinski definition) is 5. The Kier molecular flexibility index (Phi) is 4.53. The van der Waals surface area contributed by atoms with Gasteiger partial charge in [-0.2, -0.15) is 0 Å². The largest absolute Gasteiger partial charge is 0.477 e. The van der Waals surface area contributed by atoms with Crippen molar-refractivity contribution in [3.05, 3.63) is 40.0 Å². The summed E-state index contributed by atoms with van der Waals surface area (Å²) in [6.07, 6.45) is 1.29. The number of hydrogen-bond donors (Lipinski definition) is 2. The number of carboxylic acid groups (broad SMARTS) is 1. The first kappa shape index (κ1) is 16.5. The first-order valence-corrected chi connectivity index (χ1v) is 7.20. The standard InChI is InChI=1S/C14H14Cl2N2O4/c1-3-22-13(21)14(2)7-10(12(19)20)17-18(14)11-5-4-8(15)6-9(11)16/h4-7,17H,3H2,1-2H3,(H,19,20). The highest BCUT2D eigenvalue weighted by Gasteiger charge is 2.46. The van der Waals surface area contributed by atoms with E-state index in [1.807, 2.05) is 0 Å². The third-order valence-corrected chi connectivity index (χ3v) is 3.73. The van der Waals surface area contributed by atoms with Crippen LogP contribution in [-0.2, 0) is 14.3 Å². The second kappa shape index (κ2) is 6.06. The first-order chi connectivity index (χ1) is 10.3. The molecule has 2 N–H and O–H groups in total. The van der Waals surface area contributed by atoms with Gasteiger partial charge in [-0.15, -0.1) is 0 Å². The van der Waals surface area contributed by atoms with E-state index >= 15 is 0 Å². The van der Waals surface area contributed by atoms with E-state index in [1.54, 1.807) is 26.0 Å². The lowest BCUT2D eigenvalue weighted by molar-refractivity contribution is -0.147. The number of esters is 1. The number of benzene rings is 1. The van der Waals surface area contributed by atoms with Crippen molar-refractivity contribution in [2.45, 2.75) is 19.4 Å². The van der Waals surface area contributed by atoms with Crippen molar-refractivity contribution in [3.63, 3.8) is 0 Å². The molecule has 0 radical (unpaired) electrons. The van der Waals surface area contributed by atoms with Gasteiger partial charge in [0.2, 0.25) is 0 Å². The molecule has 1 aliphatic heterocycles. The zero-order chi connectivity index (χ0) is 16.5. The number of halogens is 2. The van der Waals surface area contributed by atoms with E-state index in [0.29, 0.717) is 10.7 Å². The summed E-state index contributed by atoms with van der Waals surface area (Å²) in [4.78, 5) is 23.5. The molecule has 22 heavy (non-hydrogen) atoms. The van der Waals surface area contributed by atoms with Gasteiger partial charge in [0.25, 0.3) is 0 Å². The van der Waals surface area contributed by atoms with Crippen molar-refractivity contribution in [3.8, 4) is 0 Å². The molecule has 0 aliphatic carbocycles. The van der Waals surface area contributed by atoms with Gasteiger partial charge in [-0.25, -0.2) is 9.59 Å². The number of carbonyl (C=O) groups excluding carboxylic acids is 1. The molecule has 1 aliphatic rings. The van der Waals surface area contributed by atoms with Crippen LogP contribution in [-0.4, -0.2) is 29.2 Å². The third-order valence-electron chi connectivity index (χ3n) is 3.19. The normalized spacial score (nSPS) is 20.4. The van der Waals surface area contributed by atoms with E-state index in [4.69, 9.17) is 27.9 Å². The van der Waals surface area contributed by atoms with Crippen molar-refractivity contribution in [1.29, 1.82) is 0 Å². The summed E-state index contributed by atoms with van der Waals surface area (Å²) in [7, 11) is 0. The van der Waals surface area contributed by atoms with E-state index in [-0.39, 0.29) is 17.3 Å². The summed E-state index contributed by atoms with van der Waals surface area (Å²) in [5, 5.41) is 11.2. The van der Waals surface area contributed by atoms with Gasteiger partial charge in [0.1, 0.15) is 5.70 Å². The van der Waals surface area contributed by atoms with E-state index in [1.165, 1.54) is 17.2 Å². The fraction of sp³-hybridized carbons (Fsp3) is 0.286. The number of nitrogens with one attached hydrogen (secondary N) is 1. The van der Waals surface area contributed by atoms with Crippen molar-refractivity contribution in [2.24, 2.45) is 0 Å². The molecule has 118 valence electrons. The van der Waals surface area contributed by atoms with Crippen molar-refractivity contribution in [1.82, 2.24) is 5.43 Å². The third kappa shape index (κ3) is 2.84. The van der Waals surface area contributed by atoms with E-state index in [9.17, 15) is 14.7 Å². The topological polar surface area (TPSA) is 78.9 Å². The average molecular weight is 345 g/mol. The molecule has 6 nitrogen and oxygen atoms in total. The number of rotatable bonds is 4. The number of nitrogens with zero attached hydrogens (tertiary/aromatic N) is 1. The maximum absolute atomic E-state index is 12.3. The minimum absolute atomic E-state index is 0.137. The van der Waals surface area contributed by atoms with Gasteiger partial charge in [-0.05, 0) is 38.1 Å². The fourth-order valence-electron chi connectivity index (χ4n) is 2.12. The van der Waals surface area contributed by atoms with Crippen LogP contribution in [0.2, 0.25) is 10.0 Å². The lowest BCUT2D eigenvalue weighted by Gasteiger charge is -2.34. The van der Waals surface area contributed by atoms with Gasteiger partial charge in [0.05, 0.1) is 17.3 Å². The summed E-state index contributed by atoms with van der Waals surface area (Å²) in [6, 6.07) is 4.69. The minimum Gasteiger partial charge on any atom is -0.477 e. The monoisotopic (exact) mass is 344 g/mol. The predicted molar refractivity (Wildman–Crippen MR) is 82.8 cm³/mol. The van der Waals surface area contributed by atoms with Crippen LogP contribution in [0.1, 0.15) is 13.8 Å². The Balaban J connectivity index is 2.49. The molecule has 0 amide bonds. The van der Waals surface area contributed by atoms with E-state index < -0.39 is 17.5 Å². The number of aliphatic carboxylic acids is 1. The average Bonchev–Trinajstić information content (AvgIpc) is 2.79. The molecule has 0 bridgehead atoms. The van der Waals surface area contributed by atoms with Crippen LogP contribution >= 0.6 is 23.2 Å². The minimum atomic E-state index is -1.35. The molecule has 1 aromatic carbocycles. The Hall–Kier alpha value is -1.92. The molecule has 1 atom stereocenters. The van der Waals surface area contributed by atoms with E-state index in [0.717, 1.165) is 0 Å². The summed E-state index contributed by atoms with van der Waals surface area (Å²) in [6.45, 7) is 3.39. The number of anilines is 1. The van der Waals surface area contributed by atoms with Crippen LogP contribution < -0.4 is 10.4 Å². The Labute approximate surface area is 137 Å². The number of carbonyl (C=O) groups is 2. The smallest absolute Gasteiger partial charge is 0.353 e. The summed E-state index contributed by atoms with van der Waals surface area (Å²) >= 11 is 12.0. The lowest BCUT2D eigenvalue weighted by atomic mass is 10.0. The molecular weight excluding hydrogens is 331 g/mol. The number of ether oxygens (including phenoxy) is 1. The Morgan fingerprint density at radius 1 is 1.41 bits per heavy atom. The van der Waals surface area contributed by atoms with E-state index in [2.05, 4.69) is 5.43 Å². The fourth-order valence-corrected chi connectivity index (χ4v) is 2.62. The molecule has 2 rings (SSSR count). The Bertz CT molecular complexity index is 662. The van der Waals surface area contributed by atoms with Crippen LogP contribution in [0.15, 0.2) is 30.0 Å². The van der Waals surface area contributed by atoms with Gasteiger partial charge in [0, 0.05) is 5.02 Å². The van der Waals surface area contributed by atoms with Crippen LogP contribution in [0, 0.1) is 0 Å². The van der Waals surface area contributed by atoms with Gasteiger partial charge in [-0.3, -0.25) is 10.4 Å². The van der Waals surface area contributed by atoms with Gasteiger partial charge >= 0.3 is 11.9 Å². The highest BCUT2D eigenvalue weighted by Crippen LogP contribution is 2.36. The quantitative estimate of drug-likeness (QED) is 0.817. The molecule has 0 saturated heterocycles. The molecule has 0 aromatic heterocycles. The summed E-state index contributed by atoms with van der Waals surface area (Å²) in [5.41, 5.74) is 1.59. The molecular formula is C14H14Cl2N2O4. The van der Waals surface area contributed by atoms with Crippen LogP contribution in [0.25, 0.3) is 0 Å². The van der Waals surface area contributed by atoms with Crippen LogP contribution in [0.4, 0.5) is 5.69 Å². The Morgan fingerprint density at radius 3 is 2.64 bits per heavy atom. The molecule has 0 spiro atoms. The molecule has 1 aromatic rings. The van der Waals surface area contributed by atoms with Crippen molar-refractivity contribution < 1.29 is 19.4 Å². The molecule has 1 heterocycles. The SMILES string of the molecule is CCOC(=O)C1(C)C=C(C(=O)O)NN1c1ccc(Cl)cc1Cl. The second-order valence-electron chi connectivity index (χ2n) is 4.77. The maximum Gasteiger partial charge on any atom is 0.353 e. The van der Waals surface area contributed by atoms with Crippen LogP contribution in [0.5, 0.6) is 0 Å². The van der Waals surface area contributed by atoms with Crippen molar-refractivity contribution >= 4 is 40.8 Å². The second-order valence-corrected chi connectivity index (χ2v) is 5.62. The van der Waals surface area contributed by atoms with Crippen molar-refractivity contribution in [2.75, 3.05) is 11.6 Å². The summed E-state index contributed by atoms with van der Waals surface area (Å²) in [5.74, 6) is -1.78. The highest BCUT2D eigenvalue weighted by molar-refractivity contribution is 6.36. The van der Waals surface area contributed by atoms with Gasteiger partial charge < -0.3 is 9.84 Å². The van der Waals surface area contributed by atoms with Crippen LogP contribution in [0.3, 0.4) is 0 Å². The molecule has 8 heteroatoms. The molecule has 1 unspecified atom stereocenters. The first-order valence-electron chi connectivity index (χ1n) is 6.45. The lowest BCUT2D eigenvalue weighted by Crippen LogP contribution is -2.53. The zero-order valence-electron chi connectivity index (χ0n) is 11.9. The number of carboxylic acids is 1. The predicted octanol–water partition coefficient (Wildman–Crippen LogP) is 2.61. The summed E-state index contributed by atoms with van der Waals surface area (Å²) < 4.78 is 5.04. The van der Waals surface area contributed by atoms with Gasteiger partial charge in [0.15, 0.2) is 5.54 Å². The molecule has 0 fully saturated rings. The van der Waals surface area contributed by atoms with Gasteiger partial charge in [-0.1, -0.05) is 23.2 Å². The molecule has 0 saturated carbocycles. The zero-order valence-corrected chi connectivity index (χ0v) is 13.4. The highest BCUT2D eigenvalue weighted by atomic mass is 35.5. The number of hydrazine groups is 1. The maximum atomic E-state index is 12.3.